The molecule has 0 saturated carbocycles. The Morgan fingerprint density at radius 3 is 2.64 bits per heavy atom. The summed E-state index contributed by atoms with van der Waals surface area (Å²) in [5.41, 5.74) is 9.74. The van der Waals surface area contributed by atoms with Gasteiger partial charge in [-0.15, -0.1) is 0 Å². The second kappa shape index (κ2) is 7.07. The van der Waals surface area contributed by atoms with Crippen molar-refractivity contribution in [2.75, 3.05) is 18.8 Å². The van der Waals surface area contributed by atoms with Gasteiger partial charge in [0, 0.05) is 30.6 Å². The summed E-state index contributed by atoms with van der Waals surface area (Å²) < 4.78 is 26.0. The van der Waals surface area contributed by atoms with Crippen LogP contribution in [0.3, 0.4) is 0 Å². The Bertz CT molecular complexity index is 1140. The van der Waals surface area contributed by atoms with Gasteiger partial charge in [0.05, 0.1) is 16.8 Å². The summed E-state index contributed by atoms with van der Waals surface area (Å²) in [7, 11) is -3.20. The lowest BCUT2D eigenvalue weighted by atomic mass is 9.93. The summed E-state index contributed by atoms with van der Waals surface area (Å²) in [6.45, 7) is 2.65. The van der Waals surface area contributed by atoms with E-state index < -0.39 is 15.9 Å². The highest BCUT2D eigenvalue weighted by atomic mass is 32.2. The molecule has 7 heteroatoms. The smallest absolute Gasteiger partial charge is 0.250 e. The average Bonchev–Trinajstić information content (AvgIpc) is 3.35. The van der Waals surface area contributed by atoms with Crippen molar-refractivity contribution in [2.45, 2.75) is 19.3 Å². The predicted octanol–water partition coefficient (Wildman–Crippen LogP) is 3.07. The molecule has 1 atom stereocenters. The monoisotopic (exact) mass is 397 g/mol. The van der Waals surface area contributed by atoms with Crippen LogP contribution in [0, 0.1) is 0 Å². The molecular formula is C21H23N3O3S. The zero-order valence-corrected chi connectivity index (χ0v) is 16.5. The molecule has 0 radical (unpaired) electrons. The third kappa shape index (κ3) is 3.21. The summed E-state index contributed by atoms with van der Waals surface area (Å²) in [5.74, 6) is -0.294. The van der Waals surface area contributed by atoms with Crippen LogP contribution in [0.5, 0.6) is 0 Å². The van der Waals surface area contributed by atoms with E-state index in [-0.39, 0.29) is 11.7 Å². The number of rotatable bonds is 5. The van der Waals surface area contributed by atoms with Crippen molar-refractivity contribution in [2.24, 2.45) is 5.73 Å². The highest BCUT2D eigenvalue weighted by molar-refractivity contribution is 7.89. The average molecular weight is 398 g/mol. The maximum atomic E-state index is 12.2. The molecule has 28 heavy (non-hydrogen) atoms. The molecule has 2 heterocycles. The standard InChI is InChI=1S/C21H23N3O3S/c1-2-28(26,27)24-9-8-15(13-24)19-12-23-20-17(19)10-16(11-18(20)21(22)25)14-6-4-3-5-7-14/h3-7,10-12,15,23H,2,8-9,13H2,1H3,(H2,22,25). The molecule has 0 spiro atoms. The Morgan fingerprint density at radius 2 is 1.96 bits per heavy atom. The van der Waals surface area contributed by atoms with Gasteiger partial charge in [-0.1, -0.05) is 30.3 Å². The third-order valence-electron chi connectivity index (χ3n) is 5.54. The van der Waals surface area contributed by atoms with Crippen LogP contribution in [0.1, 0.15) is 35.2 Å². The molecule has 1 unspecified atom stereocenters. The lowest BCUT2D eigenvalue weighted by molar-refractivity contribution is 0.100. The molecular weight excluding hydrogens is 374 g/mol. The molecule has 4 rings (SSSR count). The van der Waals surface area contributed by atoms with Crippen LogP contribution in [0.25, 0.3) is 22.0 Å². The van der Waals surface area contributed by atoms with Crippen molar-refractivity contribution in [3.63, 3.8) is 0 Å². The number of aromatic nitrogens is 1. The van der Waals surface area contributed by atoms with Gasteiger partial charge in [0.1, 0.15) is 0 Å². The van der Waals surface area contributed by atoms with Crippen LogP contribution < -0.4 is 5.73 Å². The van der Waals surface area contributed by atoms with Gasteiger partial charge in [-0.3, -0.25) is 4.79 Å². The lowest BCUT2D eigenvalue weighted by Crippen LogP contribution is -2.29. The van der Waals surface area contributed by atoms with E-state index in [1.54, 1.807) is 11.2 Å². The highest BCUT2D eigenvalue weighted by Crippen LogP contribution is 2.36. The number of amides is 1. The number of aromatic amines is 1. The van der Waals surface area contributed by atoms with Crippen LogP contribution in [-0.4, -0.2) is 42.5 Å². The summed E-state index contributed by atoms with van der Waals surface area (Å²) >= 11 is 0. The minimum absolute atomic E-state index is 0.0850. The molecule has 1 aromatic heterocycles. The van der Waals surface area contributed by atoms with Crippen molar-refractivity contribution in [1.29, 1.82) is 0 Å². The van der Waals surface area contributed by atoms with E-state index in [1.807, 2.05) is 42.6 Å². The molecule has 2 aromatic carbocycles. The molecule has 3 N–H and O–H groups in total. The normalized spacial score (nSPS) is 18.0. The van der Waals surface area contributed by atoms with Crippen LogP contribution in [0.15, 0.2) is 48.7 Å². The fourth-order valence-corrected chi connectivity index (χ4v) is 5.16. The van der Waals surface area contributed by atoms with E-state index in [9.17, 15) is 13.2 Å². The van der Waals surface area contributed by atoms with E-state index in [0.29, 0.717) is 24.2 Å². The number of nitrogens with one attached hydrogen (secondary N) is 1. The van der Waals surface area contributed by atoms with Crippen LogP contribution in [0.2, 0.25) is 0 Å². The van der Waals surface area contributed by atoms with Crippen molar-refractivity contribution >= 4 is 26.8 Å². The largest absolute Gasteiger partial charge is 0.366 e. The van der Waals surface area contributed by atoms with Crippen molar-refractivity contribution < 1.29 is 13.2 Å². The first-order chi connectivity index (χ1) is 13.4. The van der Waals surface area contributed by atoms with Gasteiger partial charge in [0.2, 0.25) is 10.0 Å². The molecule has 1 aliphatic heterocycles. The fraction of sp³-hybridized carbons (Fsp3) is 0.286. The van der Waals surface area contributed by atoms with Crippen molar-refractivity contribution in [3.8, 4) is 11.1 Å². The van der Waals surface area contributed by atoms with Crippen LogP contribution in [0.4, 0.5) is 0 Å². The lowest BCUT2D eigenvalue weighted by Gasteiger charge is -2.15. The number of nitrogens with zero attached hydrogens (tertiary/aromatic N) is 1. The van der Waals surface area contributed by atoms with E-state index in [4.69, 9.17) is 5.73 Å². The van der Waals surface area contributed by atoms with E-state index in [2.05, 4.69) is 11.1 Å². The number of carbonyl (C=O) groups is 1. The number of primary amides is 1. The zero-order valence-electron chi connectivity index (χ0n) is 15.7. The topological polar surface area (TPSA) is 96.3 Å². The van der Waals surface area contributed by atoms with Crippen molar-refractivity contribution in [3.05, 3.63) is 59.8 Å². The third-order valence-corrected chi connectivity index (χ3v) is 7.39. The van der Waals surface area contributed by atoms with E-state index in [1.165, 1.54) is 0 Å². The van der Waals surface area contributed by atoms with Gasteiger partial charge in [-0.25, -0.2) is 12.7 Å². The summed E-state index contributed by atoms with van der Waals surface area (Å²) in [6.07, 6.45) is 2.65. The second-order valence-corrected chi connectivity index (χ2v) is 9.42. The number of carbonyl (C=O) groups excluding carboxylic acids is 1. The van der Waals surface area contributed by atoms with Gasteiger partial charge in [-0.05, 0) is 42.2 Å². The van der Waals surface area contributed by atoms with Crippen LogP contribution >= 0.6 is 0 Å². The number of fused-ring (bicyclic) bond motifs is 1. The first-order valence-electron chi connectivity index (χ1n) is 9.38. The Kier molecular flexibility index (Phi) is 4.72. The molecule has 1 fully saturated rings. The first kappa shape index (κ1) is 18.7. The van der Waals surface area contributed by atoms with Crippen molar-refractivity contribution in [1.82, 2.24) is 9.29 Å². The minimum atomic E-state index is -3.20. The molecule has 1 saturated heterocycles. The Morgan fingerprint density at radius 1 is 1.21 bits per heavy atom. The van der Waals surface area contributed by atoms with Gasteiger partial charge in [-0.2, -0.15) is 0 Å². The Labute approximate surface area is 164 Å². The zero-order chi connectivity index (χ0) is 19.9. The number of H-pyrrole nitrogens is 1. The summed E-state index contributed by atoms with van der Waals surface area (Å²) in [6, 6.07) is 13.7. The fourth-order valence-electron chi connectivity index (χ4n) is 4.00. The molecule has 1 amide bonds. The minimum Gasteiger partial charge on any atom is -0.366 e. The molecule has 0 bridgehead atoms. The number of nitrogens with two attached hydrogens (primary N) is 1. The second-order valence-electron chi connectivity index (χ2n) is 7.16. The maximum absolute atomic E-state index is 12.2. The number of hydrogen-bond acceptors (Lipinski definition) is 3. The predicted molar refractivity (Wildman–Crippen MR) is 111 cm³/mol. The molecule has 3 aromatic rings. The quantitative estimate of drug-likeness (QED) is 0.692. The number of sulfonamides is 1. The van der Waals surface area contributed by atoms with Gasteiger partial charge in [0.15, 0.2) is 0 Å². The van der Waals surface area contributed by atoms with E-state index in [0.717, 1.165) is 28.5 Å². The van der Waals surface area contributed by atoms with Gasteiger partial charge < -0.3 is 10.7 Å². The SMILES string of the molecule is CCS(=O)(=O)N1CCC(c2c[nH]c3c(C(N)=O)cc(-c4ccccc4)cc23)C1. The number of benzene rings is 2. The number of hydrogen-bond donors (Lipinski definition) is 2. The van der Waals surface area contributed by atoms with Gasteiger partial charge >= 0.3 is 0 Å². The Hall–Kier alpha value is -2.64. The summed E-state index contributed by atoms with van der Waals surface area (Å²) in [4.78, 5) is 15.3. The maximum Gasteiger partial charge on any atom is 0.250 e. The molecule has 0 aliphatic carbocycles. The van der Waals surface area contributed by atoms with Crippen LogP contribution in [-0.2, 0) is 10.0 Å². The molecule has 1 aliphatic rings. The summed E-state index contributed by atoms with van der Waals surface area (Å²) in [5, 5.41) is 0.927. The first-order valence-corrected chi connectivity index (χ1v) is 11.0. The Balaban J connectivity index is 1.81. The van der Waals surface area contributed by atoms with Gasteiger partial charge in [0.25, 0.3) is 5.91 Å². The molecule has 6 nitrogen and oxygen atoms in total. The molecule has 146 valence electrons. The highest BCUT2D eigenvalue weighted by Gasteiger charge is 2.32. The van der Waals surface area contributed by atoms with E-state index >= 15 is 0 Å².